The number of fused-ring (bicyclic) bond motifs is 3. The number of rotatable bonds is 4. The maximum atomic E-state index is 6.46. The molecule has 1 aliphatic rings. The van der Waals surface area contributed by atoms with Gasteiger partial charge in [-0.25, -0.2) is 0 Å². The van der Waals surface area contributed by atoms with E-state index in [1.54, 1.807) is 0 Å². The Labute approximate surface area is 228 Å². The maximum Gasteiger partial charge on any atom is 0.0713 e. The van der Waals surface area contributed by atoms with Gasteiger partial charge in [-0.3, -0.25) is 0 Å². The molecule has 0 spiro atoms. The molecule has 0 saturated carbocycles. The van der Waals surface area contributed by atoms with Gasteiger partial charge in [-0.2, -0.15) is 0 Å². The fraction of sp³-hybridized carbons (Fsp3) is 0.0270. The first-order chi connectivity index (χ1) is 18.8. The van der Waals surface area contributed by atoms with E-state index in [-0.39, 0.29) is 0 Å². The molecule has 0 nitrogen and oxygen atoms in total. The zero-order valence-corrected chi connectivity index (χ0v) is 21.6. The molecule has 0 aliphatic heterocycles. The second-order valence-electron chi connectivity index (χ2n) is 9.84. The van der Waals surface area contributed by atoms with Crippen molar-refractivity contribution in [3.63, 3.8) is 0 Å². The molecule has 7 rings (SSSR count). The van der Waals surface area contributed by atoms with Crippen LogP contribution in [0.4, 0.5) is 0 Å². The fourth-order valence-electron chi connectivity index (χ4n) is 6.24. The van der Waals surface area contributed by atoms with Crippen LogP contribution >= 0.6 is 11.6 Å². The van der Waals surface area contributed by atoms with E-state index in [2.05, 4.69) is 140 Å². The zero-order chi connectivity index (χ0) is 25.5. The monoisotopic (exact) mass is 504 g/mol. The van der Waals surface area contributed by atoms with Gasteiger partial charge < -0.3 is 0 Å². The first-order valence-electron chi connectivity index (χ1n) is 13.0. The van der Waals surface area contributed by atoms with Crippen molar-refractivity contribution >= 4 is 11.6 Å². The van der Waals surface area contributed by atoms with Crippen molar-refractivity contribution < 1.29 is 0 Å². The molecule has 0 amide bonds. The lowest BCUT2D eigenvalue weighted by Crippen LogP contribution is -2.28. The van der Waals surface area contributed by atoms with Crippen molar-refractivity contribution in [1.82, 2.24) is 0 Å². The van der Waals surface area contributed by atoms with E-state index in [0.29, 0.717) is 0 Å². The van der Waals surface area contributed by atoms with Crippen molar-refractivity contribution in [2.24, 2.45) is 0 Å². The highest BCUT2D eigenvalue weighted by atomic mass is 35.5. The summed E-state index contributed by atoms with van der Waals surface area (Å²) in [7, 11) is 0. The van der Waals surface area contributed by atoms with Crippen molar-refractivity contribution in [1.29, 1.82) is 0 Å². The van der Waals surface area contributed by atoms with Crippen LogP contribution in [0.1, 0.15) is 22.3 Å². The van der Waals surface area contributed by atoms with Crippen LogP contribution in [-0.4, -0.2) is 0 Å². The van der Waals surface area contributed by atoms with Crippen LogP contribution in [-0.2, 0) is 5.41 Å². The van der Waals surface area contributed by atoms with Gasteiger partial charge in [-0.15, -0.1) is 0 Å². The normalized spacial score (nSPS) is 15.6. The molecule has 0 fully saturated rings. The number of hydrogen-bond donors (Lipinski definition) is 0. The molecule has 1 atom stereocenters. The molecule has 0 heterocycles. The average Bonchev–Trinajstić information content (AvgIpc) is 3.29. The summed E-state index contributed by atoms with van der Waals surface area (Å²) in [5, 5.41) is 0.747. The molecule has 6 aromatic rings. The molecule has 180 valence electrons. The molecule has 0 aromatic heterocycles. The van der Waals surface area contributed by atoms with E-state index in [4.69, 9.17) is 11.6 Å². The Morgan fingerprint density at radius 3 is 1.71 bits per heavy atom. The number of benzene rings is 6. The van der Waals surface area contributed by atoms with E-state index in [9.17, 15) is 0 Å². The molecule has 38 heavy (non-hydrogen) atoms. The molecule has 0 N–H and O–H groups in total. The lowest BCUT2D eigenvalue weighted by atomic mass is 9.67. The molecule has 0 saturated heterocycles. The Kier molecular flexibility index (Phi) is 5.50. The maximum absolute atomic E-state index is 6.46. The second kappa shape index (κ2) is 9.17. The predicted molar refractivity (Wildman–Crippen MR) is 160 cm³/mol. The molecule has 1 aliphatic carbocycles. The Bertz CT molecular complexity index is 1750. The third-order valence-corrected chi connectivity index (χ3v) is 8.07. The number of halogens is 1. The first-order valence-corrected chi connectivity index (χ1v) is 13.4. The van der Waals surface area contributed by atoms with Gasteiger partial charge in [0.1, 0.15) is 0 Å². The molecular formula is C37H25Cl. The van der Waals surface area contributed by atoms with Gasteiger partial charge in [-0.1, -0.05) is 151 Å². The first kappa shape index (κ1) is 22.8. The van der Waals surface area contributed by atoms with Gasteiger partial charge >= 0.3 is 0 Å². The minimum Gasteiger partial charge on any atom is -0.0843 e. The van der Waals surface area contributed by atoms with Crippen molar-refractivity contribution in [3.8, 4) is 33.4 Å². The molecule has 1 heteroatoms. The van der Waals surface area contributed by atoms with Crippen LogP contribution in [0.15, 0.2) is 152 Å². The Morgan fingerprint density at radius 2 is 0.947 bits per heavy atom. The molecule has 0 radical (unpaired) electrons. The Hall–Kier alpha value is -4.39. The average molecular weight is 505 g/mol. The summed E-state index contributed by atoms with van der Waals surface area (Å²) >= 11 is 6.46. The van der Waals surface area contributed by atoms with E-state index in [1.807, 2.05) is 12.1 Å². The smallest absolute Gasteiger partial charge is 0.0713 e. The minimum absolute atomic E-state index is 0.434. The molecule has 6 aromatic carbocycles. The highest BCUT2D eigenvalue weighted by molar-refractivity contribution is 6.30. The summed E-state index contributed by atoms with van der Waals surface area (Å²) in [6, 6.07) is 54.5. The van der Waals surface area contributed by atoms with Gasteiger partial charge in [0.25, 0.3) is 0 Å². The van der Waals surface area contributed by atoms with Gasteiger partial charge in [0.2, 0.25) is 0 Å². The predicted octanol–water partition coefficient (Wildman–Crippen LogP) is 10.0. The lowest BCUT2D eigenvalue weighted by molar-refractivity contribution is 0.769. The van der Waals surface area contributed by atoms with Gasteiger partial charge in [0.15, 0.2) is 0 Å². The summed E-state index contributed by atoms with van der Waals surface area (Å²) < 4.78 is 0. The van der Waals surface area contributed by atoms with Crippen LogP contribution in [0.3, 0.4) is 0 Å². The van der Waals surface area contributed by atoms with Crippen LogP contribution in [0.2, 0.25) is 5.02 Å². The zero-order valence-electron chi connectivity index (χ0n) is 20.8. The lowest BCUT2D eigenvalue weighted by Gasteiger charge is -2.34. The summed E-state index contributed by atoms with van der Waals surface area (Å²) in [4.78, 5) is 0. The Morgan fingerprint density at radius 1 is 0.395 bits per heavy atom. The molecule has 1 unspecified atom stereocenters. The van der Waals surface area contributed by atoms with Gasteiger partial charge in [0, 0.05) is 5.02 Å². The largest absolute Gasteiger partial charge is 0.0843 e. The van der Waals surface area contributed by atoms with Crippen LogP contribution < -0.4 is 0 Å². The van der Waals surface area contributed by atoms with Crippen LogP contribution in [0.5, 0.6) is 0 Å². The topological polar surface area (TPSA) is 0 Å². The standard InChI is InChI=1S/C37H25Cl/c38-31-16-9-13-28(25-31)32-18-10-20-35-36(32)33-17-7-8-19-34(33)37(35,29-14-5-2-6-15-29)30-23-21-27(22-24-30)26-11-3-1-4-12-26/h1-25H. The van der Waals surface area contributed by atoms with Gasteiger partial charge in [0.05, 0.1) is 5.41 Å². The van der Waals surface area contributed by atoms with Gasteiger partial charge in [-0.05, 0) is 67.8 Å². The van der Waals surface area contributed by atoms with E-state index >= 15 is 0 Å². The minimum atomic E-state index is -0.434. The van der Waals surface area contributed by atoms with Crippen molar-refractivity contribution in [2.45, 2.75) is 5.41 Å². The number of hydrogen-bond acceptors (Lipinski definition) is 0. The van der Waals surface area contributed by atoms with E-state index in [1.165, 1.54) is 50.1 Å². The van der Waals surface area contributed by atoms with Crippen molar-refractivity contribution in [2.75, 3.05) is 0 Å². The highest BCUT2D eigenvalue weighted by Gasteiger charge is 2.46. The van der Waals surface area contributed by atoms with Crippen LogP contribution in [0, 0.1) is 0 Å². The third kappa shape index (κ3) is 3.45. The van der Waals surface area contributed by atoms with E-state index < -0.39 is 5.41 Å². The summed E-state index contributed by atoms with van der Waals surface area (Å²) in [5.41, 5.74) is 12.0. The fourth-order valence-corrected chi connectivity index (χ4v) is 6.44. The highest BCUT2D eigenvalue weighted by Crippen LogP contribution is 2.58. The summed E-state index contributed by atoms with van der Waals surface area (Å²) in [5.74, 6) is 0. The quantitative estimate of drug-likeness (QED) is 0.223. The molecular weight excluding hydrogens is 480 g/mol. The van der Waals surface area contributed by atoms with E-state index in [0.717, 1.165) is 10.6 Å². The second-order valence-corrected chi connectivity index (χ2v) is 10.3. The van der Waals surface area contributed by atoms with Crippen molar-refractivity contribution in [3.05, 3.63) is 179 Å². The summed E-state index contributed by atoms with van der Waals surface area (Å²) in [6.07, 6.45) is 0. The Balaban J connectivity index is 1.55. The third-order valence-electron chi connectivity index (χ3n) is 7.84. The van der Waals surface area contributed by atoms with Crippen LogP contribution in [0.25, 0.3) is 33.4 Å². The molecule has 0 bridgehead atoms. The SMILES string of the molecule is Clc1cccc(-c2cccc3c2-c2ccccc2C3(c2ccccc2)c2ccc(-c3ccccc3)cc2)c1. The summed E-state index contributed by atoms with van der Waals surface area (Å²) in [6.45, 7) is 0.